The zero-order valence-corrected chi connectivity index (χ0v) is 12.2. The number of imide groups is 2. The highest BCUT2D eigenvalue weighted by atomic mass is 32.1. The molecule has 2 aromatic heterocycles. The van der Waals surface area contributed by atoms with Gasteiger partial charge in [0.1, 0.15) is 6.54 Å². The number of hydrogen-bond acceptors (Lipinski definition) is 6. The summed E-state index contributed by atoms with van der Waals surface area (Å²) >= 11 is 1.49. The number of carbonyl (C=O) groups excluding carboxylic acids is 3. The van der Waals surface area contributed by atoms with Gasteiger partial charge in [0, 0.05) is 6.54 Å². The first-order valence-corrected chi connectivity index (χ1v) is 7.26. The number of hydrogen-bond donors (Lipinski definition) is 0. The molecule has 1 fully saturated rings. The van der Waals surface area contributed by atoms with Crippen molar-refractivity contribution in [1.82, 2.24) is 14.8 Å². The van der Waals surface area contributed by atoms with Crippen LogP contribution in [0.4, 0.5) is 4.79 Å². The molecule has 22 heavy (non-hydrogen) atoms. The zero-order chi connectivity index (χ0) is 15.7. The number of oxazole rings is 1. The van der Waals surface area contributed by atoms with E-state index in [1.165, 1.54) is 23.6 Å². The summed E-state index contributed by atoms with van der Waals surface area (Å²) in [6, 6.07) is 3.06. The molecule has 0 unspecified atom stereocenters. The van der Waals surface area contributed by atoms with Crippen molar-refractivity contribution in [2.45, 2.75) is 6.54 Å². The van der Waals surface area contributed by atoms with Gasteiger partial charge in [-0.3, -0.25) is 14.5 Å². The predicted octanol–water partition coefficient (Wildman–Crippen LogP) is 1.88. The monoisotopic (exact) mass is 317 g/mol. The normalized spacial score (nSPS) is 15.0. The number of carbonyl (C=O) groups is 3. The van der Waals surface area contributed by atoms with E-state index in [1.807, 2.05) is 17.5 Å². The second-order valence-corrected chi connectivity index (χ2v) is 5.42. The Balaban J connectivity index is 1.78. The number of thiophene rings is 1. The molecule has 0 bridgehead atoms. The van der Waals surface area contributed by atoms with Crippen LogP contribution in [0.2, 0.25) is 0 Å². The summed E-state index contributed by atoms with van der Waals surface area (Å²) < 4.78 is 5.52. The zero-order valence-electron chi connectivity index (χ0n) is 11.4. The Labute approximate surface area is 129 Å². The van der Waals surface area contributed by atoms with Crippen LogP contribution in [0.15, 0.2) is 40.8 Å². The Bertz CT molecular complexity index is 750. The van der Waals surface area contributed by atoms with Crippen LogP contribution in [0, 0.1) is 0 Å². The van der Waals surface area contributed by atoms with E-state index >= 15 is 0 Å². The van der Waals surface area contributed by atoms with Gasteiger partial charge in [-0.1, -0.05) is 12.1 Å². The standard InChI is InChI=1S/C14H11N3O4S/c1-2-5-16-12(18)13(19)17(14(16)20)8-11-15-7-9(21-11)10-4-3-6-22-10/h2-4,6-7H,1,5,8H2. The maximum atomic E-state index is 12.1. The van der Waals surface area contributed by atoms with Gasteiger partial charge in [0.05, 0.1) is 11.1 Å². The van der Waals surface area contributed by atoms with Crippen LogP contribution in [-0.2, 0) is 16.1 Å². The van der Waals surface area contributed by atoms with Crippen molar-refractivity contribution >= 4 is 29.2 Å². The molecule has 3 rings (SSSR count). The lowest BCUT2D eigenvalue weighted by Crippen LogP contribution is -2.33. The Hall–Kier alpha value is -2.74. The molecule has 0 N–H and O–H groups in total. The lowest BCUT2D eigenvalue weighted by Gasteiger charge is -2.12. The first kappa shape index (κ1) is 14.2. The molecule has 7 nitrogen and oxygen atoms in total. The van der Waals surface area contributed by atoms with Crippen LogP contribution >= 0.6 is 11.3 Å². The third-order valence-electron chi connectivity index (χ3n) is 3.06. The minimum absolute atomic E-state index is 0.00800. The SMILES string of the molecule is C=CCN1C(=O)C(=O)N(Cc2ncc(-c3cccs3)o2)C1=O. The largest absolute Gasteiger partial charge is 0.438 e. The van der Waals surface area contributed by atoms with E-state index in [1.54, 1.807) is 0 Å². The molecular weight excluding hydrogens is 306 g/mol. The number of urea groups is 1. The van der Waals surface area contributed by atoms with Crippen molar-refractivity contribution in [3.05, 3.63) is 42.3 Å². The molecule has 0 spiro atoms. The van der Waals surface area contributed by atoms with Crippen molar-refractivity contribution in [1.29, 1.82) is 0 Å². The van der Waals surface area contributed by atoms with E-state index < -0.39 is 17.8 Å². The lowest BCUT2D eigenvalue weighted by molar-refractivity contribution is -0.143. The maximum absolute atomic E-state index is 12.1. The minimum Gasteiger partial charge on any atom is -0.438 e. The lowest BCUT2D eigenvalue weighted by atomic mass is 10.4. The molecule has 2 aromatic rings. The molecule has 4 amide bonds. The summed E-state index contributed by atoms with van der Waals surface area (Å²) in [7, 11) is 0. The highest BCUT2D eigenvalue weighted by Crippen LogP contribution is 2.26. The summed E-state index contributed by atoms with van der Waals surface area (Å²) in [5.41, 5.74) is 0. The third-order valence-corrected chi connectivity index (χ3v) is 3.94. The number of amides is 4. The Kier molecular flexibility index (Phi) is 3.60. The predicted molar refractivity (Wildman–Crippen MR) is 77.7 cm³/mol. The third kappa shape index (κ3) is 2.33. The Morgan fingerprint density at radius 2 is 2.05 bits per heavy atom. The fourth-order valence-electron chi connectivity index (χ4n) is 2.03. The van der Waals surface area contributed by atoms with E-state index in [-0.39, 0.29) is 19.0 Å². The molecule has 1 aliphatic rings. The molecule has 112 valence electrons. The molecule has 0 aliphatic carbocycles. The van der Waals surface area contributed by atoms with Gasteiger partial charge in [0.2, 0.25) is 5.89 Å². The van der Waals surface area contributed by atoms with Gasteiger partial charge in [-0.15, -0.1) is 17.9 Å². The van der Waals surface area contributed by atoms with Gasteiger partial charge >= 0.3 is 17.8 Å². The summed E-state index contributed by atoms with van der Waals surface area (Å²) in [4.78, 5) is 42.2. The van der Waals surface area contributed by atoms with E-state index in [0.29, 0.717) is 5.76 Å². The van der Waals surface area contributed by atoms with Crippen LogP contribution in [0.25, 0.3) is 10.6 Å². The Morgan fingerprint density at radius 3 is 2.73 bits per heavy atom. The molecule has 0 atom stereocenters. The molecule has 0 aromatic carbocycles. The molecule has 0 radical (unpaired) electrons. The van der Waals surface area contributed by atoms with Gasteiger partial charge in [-0.05, 0) is 11.4 Å². The summed E-state index contributed by atoms with van der Waals surface area (Å²) in [6.07, 6.45) is 2.90. The highest BCUT2D eigenvalue weighted by Gasteiger charge is 2.44. The first-order chi connectivity index (χ1) is 10.6. The summed E-state index contributed by atoms with van der Waals surface area (Å²) in [5, 5.41) is 1.90. The van der Waals surface area contributed by atoms with Gasteiger partial charge < -0.3 is 4.42 Å². The van der Waals surface area contributed by atoms with Gasteiger partial charge in [0.15, 0.2) is 5.76 Å². The van der Waals surface area contributed by atoms with Crippen LogP contribution < -0.4 is 0 Å². The van der Waals surface area contributed by atoms with E-state index in [2.05, 4.69) is 11.6 Å². The van der Waals surface area contributed by atoms with E-state index in [4.69, 9.17) is 4.42 Å². The van der Waals surface area contributed by atoms with E-state index in [9.17, 15) is 14.4 Å². The molecule has 3 heterocycles. The van der Waals surface area contributed by atoms with Crippen molar-refractivity contribution in [2.75, 3.05) is 6.54 Å². The topological polar surface area (TPSA) is 83.7 Å². The molecule has 8 heteroatoms. The average Bonchev–Trinajstić information content (AvgIpc) is 3.21. The second kappa shape index (κ2) is 5.57. The van der Waals surface area contributed by atoms with E-state index in [0.717, 1.165) is 14.7 Å². The van der Waals surface area contributed by atoms with Gasteiger partial charge in [0.25, 0.3) is 0 Å². The van der Waals surface area contributed by atoms with Crippen molar-refractivity contribution < 1.29 is 18.8 Å². The minimum atomic E-state index is -0.886. The van der Waals surface area contributed by atoms with Gasteiger partial charge in [-0.2, -0.15) is 0 Å². The number of rotatable bonds is 5. The van der Waals surface area contributed by atoms with Crippen LogP contribution in [-0.4, -0.2) is 39.2 Å². The number of aromatic nitrogens is 1. The first-order valence-electron chi connectivity index (χ1n) is 6.38. The van der Waals surface area contributed by atoms with Crippen LogP contribution in [0.3, 0.4) is 0 Å². The van der Waals surface area contributed by atoms with Crippen LogP contribution in [0.1, 0.15) is 5.89 Å². The summed E-state index contributed by atoms with van der Waals surface area (Å²) in [5.74, 6) is -1.01. The smallest absolute Gasteiger partial charge is 0.335 e. The second-order valence-electron chi connectivity index (χ2n) is 4.47. The van der Waals surface area contributed by atoms with Crippen molar-refractivity contribution in [3.63, 3.8) is 0 Å². The fraction of sp³-hybridized carbons (Fsp3) is 0.143. The average molecular weight is 317 g/mol. The summed E-state index contributed by atoms with van der Waals surface area (Å²) in [6.45, 7) is 3.27. The van der Waals surface area contributed by atoms with Gasteiger partial charge in [-0.25, -0.2) is 14.7 Å². The van der Waals surface area contributed by atoms with Crippen LogP contribution in [0.5, 0.6) is 0 Å². The highest BCUT2D eigenvalue weighted by molar-refractivity contribution is 7.13. The van der Waals surface area contributed by atoms with Crippen molar-refractivity contribution in [3.8, 4) is 10.6 Å². The fourth-order valence-corrected chi connectivity index (χ4v) is 2.70. The molecule has 0 saturated carbocycles. The molecular formula is C14H11N3O4S. The molecule has 1 saturated heterocycles. The molecule has 1 aliphatic heterocycles. The van der Waals surface area contributed by atoms with Crippen molar-refractivity contribution in [2.24, 2.45) is 0 Å². The maximum Gasteiger partial charge on any atom is 0.335 e. The Morgan fingerprint density at radius 1 is 1.27 bits per heavy atom. The number of nitrogens with zero attached hydrogens (tertiary/aromatic N) is 3. The quantitative estimate of drug-likeness (QED) is 0.477.